The third-order valence-corrected chi connectivity index (χ3v) is 4.86. The molecule has 2 rings (SSSR count). The van der Waals surface area contributed by atoms with Gasteiger partial charge < -0.3 is 5.32 Å². The Labute approximate surface area is 101 Å². The highest BCUT2D eigenvalue weighted by molar-refractivity contribution is 5.01. The van der Waals surface area contributed by atoms with Crippen molar-refractivity contribution in [3.8, 4) is 0 Å². The van der Waals surface area contributed by atoms with Crippen LogP contribution in [0, 0.1) is 0 Å². The summed E-state index contributed by atoms with van der Waals surface area (Å²) >= 11 is 0. The van der Waals surface area contributed by atoms with Crippen LogP contribution in [0.3, 0.4) is 0 Å². The summed E-state index contributed by atoms with van der Waals surface area (Å²) in [6.45, 7) is 9.55. The van der Waals surface area contributed by atoms with Crippen LogP contribution < -0.4 is 5.32 Å². The minimum atomic E-state index is 0.481. The molecule has 2 atom stereocenters. The van der Waals surface area contributed by atoms with Gasteiger partial charge in [-0.1, -0.05) is 26.7 Å². The molecule has 16 heavy (non-hydrogen) atoms. The Bertz CT molecular complexity index is 221. The summed E-state index contributed by atoms with van der Waals surface area (Å²) in [6, 6.07) is 1.52. The molecule has 2 nitrogen and oxygen atoms in total. The predicted octanol–water partition coefficient (Wildman–Crippen LogP) is 2.78. The van der Waals surface area contributed by atoms with E-state index in [1.54, 1.807) is 0 Å². The van der Waals surface area contributed by atoms with E-state index < -0.39 is 0 Å². The molecule has 1 aliphatic heterocycles. The Kier molecular flexibility index (Phi) is 3.91. The summed E-state index contributed by atoms with van der Waals surface area (Å²) in [4.78, 5) is 2.78. The summed E-state index contributed by atoms with van der Waals surface area (Å²) in [7, 11) is 0. The van der Waals surface area contributed by atoms with Gasteiger partial charge in [-0.3, -0.25) is 4.90 Å². The second kappa shape index (κ2) is 5.05. The Hall–Kier alpha value is -0.0800. The summed E-state index contributed by atoms with van der Waals surface area (Å²) < 4.78 is 0. The number of piperazine rings is 1. The highest BCUT2D eigenvalue weighted by atomic mass is 15.3. The molecule has 1 aliphatic carbocycles. The molecule has 94 valence electrons. The van der Waals surface area contributed by atoms with Crippen LogP contribution in [0.4, 0.5) is 0 Å². The monoisotopic (exact) mass is 224 g/mol. The zero-order valence-electron chi connectivity index (χ0n) is 11.3. The fourth-order valence-electron chi connectivity index (χ4n) is 3.50. The number of hydrogen-bond acceptors (Lipinski definition) is 2. The van der Waals surface area contributed by atoms with Crippen LogP contribution in [-0.4, -0.2) is 35.6 Å². The van der Waals surface area contributed by atoms with Crippen LogP contribution in [-0.2, 0) is 0 Å². The van der Waals surface area contributed by atoms with Gasteiger partial charge in [-0.15, -0.1) is 0 Å². The molecule has 0 aromatic heterocycles. The van der Waals surface area contributed by atoms with E-state index in [4.69, 9.17) is 0 Å². The van der Waals surface area contributed by atoms with Crippen molar-refractivity contribution in [2.45, 2.75) is 76.9 Å². The normalized spacial score (nSPS) is 32.1. The van der Waals surface area contributed by atoms with Crippen LogP contribution in [0.25, 0.3) is 0 Å². The molecule has 1 spiro atoms. The standard InChI is InChI=1S/C14H28N2/c1-4-12(3)16-11-14(8-6-7-9-14)15-10-13(16)5-2/h12-13,15H,4-11H2,1-3H3. The number of nitrogens with one attached hydrogen (secondary N) is 1. The van der Waals surface area contributed by atoms with Crippen LogP contribution in [0.5, 0.6) is 0 Å². The molecule has 1 saturated heterocycles. The van der Waals surface area contributed by atoms with Crippen molar-refractivity contribution < 1.29 is 0 Å². The van der Waals surface area contributed by atoms with Gasteiger partial charge in [0.1, 0.15) is 0 Å². The summed E-state index contributed by atoms with van der Waals surface area (Å²) in [5.74, 6) is 0. The topological polar surface area (TPSA) is 15.3 Å². The van der Waals surface area contributed by atoms with Crippen molar-refractivity contribution in [3.63, 3.8) is 0 Å². The van der Waals surface area contributed by atoms with Gasteiger partial charge in [0.25, 0.3) is 0 Å². The first-order chi connectivity index (χ1) is 7.71. The minimum Gasteiger partial charge on any atom is -0.308 e. The molecule has 0 aromatic rings. The predicted molar refractivity (Wildman–Crippen MR) is 69.7 cm³/mol. The molecule has 2 aliphatic rings. The lowest BCUT2D eigenvalue weighted by molar-refractivity contribution is 0.0454. The van der Waals surface area contributed by atoms with E-state index in [1.807, 2.05) is 0 Å². The van der Waals surface area contributed by atoms with Gasteiger partial charge >= 0.3 is 0 Å². The fraction of sp³-hybridized carbons (Fsp3) is 1.00. The maximum Gasteiger partial charge on any atom is 0.0309 e. The zero-order valence-corrected chi connectivity index (χ0v) is 11.3. The van der Waals surface area contributed by atoms with Gasteiger partial charge in [0.15, 0.2) is 0 Å². The Morgan fingerprint density at radius 2 is 2.00 bits per heavy atom. The van der Waals surface area contributed by atoms with E-state index in [0.717, 1.165) is 12.1 Å². The van der Waals surface area contributed by atoms with Crippen molar-refractivity contribution in [1.82, 2.24) is 10.2 Å². The maximum atomic E-state index is 3.86. The van der Waals surface area contributed by atoms with E-state index in [2.05, 4.69) is 31.0 Å². The first kappa shape index (κ1) is 12.4. The molecule has 1 N–H and O–H groups in total. The van der Waals surface area contributed by atoms with E-state index in [9.17, 15) is 0 Å². The highest BCUT2D eigenvalue weighted by Gasteiger charge is 2.41. The molecular weight excluding hydrogens is 196 g/mol. The Morgan fingerprint density at radius 1 is 1.31 bits per heavy atom. The smallest absolute Gasteiger partial charge is 0.0309 e. The van der Waals surface area contributed by atoms with Crippen LogP contribution in [0.1, 0.15) is 59.3 Å². The van der Waals surface area contributed by atoms with Crippen molar-refractivity contribution in [2.24, 2.45) is 0 Å². The third kappa shape index (κ3) is 2.28. The third-order valence-electron chi connectivity index (χ3n) is 4.86. The molecule has 0 aromatic carbocycles. The van der Waals surface area contributed by atoms with E-state index in [-0.39, 0.29) is 0 Å². The number of hydrogen-bond donors (Lipinski definition) is 1. The minimum absolute atomic E-state index is 0.481. The molecule has 0 radical (unpaired) electrons. The molecule has 1 saturated carbocycles. The number of rotatable bonds is 3. The second-order valence-electron chi connectivity index (χ2n) is 5.86. The Balaban J connectivity index is 2.05. The largest absolute Gasteiger partial charge is 0.308 e. The molecule has 2 fully saturated rings. The van der Waals surface area contributed by atoms with E-state index >= 15 is 0 Å². The summed E-state index contributed by atoms with van der Waals surface area (Å²) in [6.07, 6.45) is 8.23. The van der Waals surface area contributed by atoms with Gasteiger partial charge in [-0.2, -0.15) is 0 Å². The summed E-state index contributed by atoms with van der Waals surface area (Å²) in [5, 5.41) is 3.86. The number of nitrogens with zero attached hydrogens (tertiary/aromatic N) is 1. The van der Waals surface area contributed by atoms with Crippen LogP contribution in [0.15, 0.2) is 0 Å². The van der Waals surface area contributed by atoms with Crippen molar-refractivity contribution >= 4 is 0 Å². The van der Waals surface area contributed by atoms with Gasteiger partial charge in [-0.05, 0) is 32.6 Å². The lowest BCUT2D eigenvalue weighted by Crippen LogP contribution is -2.64. The fourth-order valence-corrected chi connectivity index (χ4v) is 3.50. The maximum absolute atomic E-state index is 3.86. The second-order valence-corrected chi connectivity index (χ2v) is 5.86. The van der Waals surface area contributed by atoms with Gasteiger partial charge in [0.05, 0.1) is 0 Å². The highest BCUT2D eigenvalue weighted by Crippen LogP contribution is 2.34. The lowest BCUT2D eigenvalue weighted by Gasteiger charge is -2.48. The lowest BCUT2D eigenvalue weighted by atomic mass is 9.90. The average Bonchev–Trinajstić information content (AvgIpc) is 2.76. The van der Waals surface area contributed by atoms with E-state index in [1.165, 1.54) is 51.6 Å². The van der Waals surface area contributed by atoms with E-state index in [0.29, 0.717) is 5.54 Å². The first-order valence-electron chi connectivity index (χ1n) is 7.21. The SMILES string of the molecule is CCC(C)N1CC2(CCCC2)NCC1CC. The van der Waals surface area contributed by atoms with Crippen molar-refractivity contribution in [3.05, 3.63) is 0 Å². The molecule has 0 amide bonds. The molecule has 1 heterocycles. The molecular formula is C14H28N2. The van der Waals surface area contributed by atoms with Crippen LogP contribution in [0.2, 0.25) is 0 Å². The molecule has 2 heteroatoms. The quantitative estimate of drug-likeness (QED) is 0.793. The Morgan fingerprint density at radius 3 is 2.56 bits per heavy atom. The summed E-state index contributed by atoms with van der Waals surface area (Å²) in [5.41, 5.74) is 0.481. The van der Waals surface area contributed by atoms with Gasteiger partial charge in [0.2, 0.25) is 0 Å². The van der Waals surface area contributed by atoms with Gasteiger partial charge in [0, 0.05) is 30.7 Å². The first-order valence-corrected chi connectivity index (χ1v) is 7.21. The van der Waals surface area contributed by atoms with Crippen LogP contribution >= 0.6 is 0 Å². The zero-order chi connectivity index (χ0) is 11.6. The van der Waals surface area contributed by atoms with Gasteiger partial charge in [-0.25, -0.2) is 0 Å². The van der Waals surface area contributed by atoms with Crippen molar-refractivity contribution in [1.29, 1.82) is 0 Å². The molecule has 2 unspecified atom stereocenters. The average molecular weight is 224 g/mol. The van der Waals surface area contributed by atoms with Crippen molar-refractivity contribution in [2.75, 3.05) is 13.1 Å². The molecule has 0 bridgehead atoms.